The Morgan fingerprint density at radius 2 is 1.44 bits per heavy atom. The van der Waals surface area contributed by atoms with Crippen LogP contribution in [0.2, 0.25) is 0 Å². The van der Waals surface area contributed by atoms with Crippen LogP contribution in [0.4, 0.5) is 0 Å². The summed E-state index contributed by atoms with van der Waals surface area (Å²) in [5, 5.41) is 0. The van der Waals surface area contributed by atoms with Gasteiger partial charge >= 0.3 is 0 Å². The van der Waals surface area contributed by atoms with Gasteiger partial charge in [0.25, 0.3) is 0 Å². The molecule has 2 aromatic rings. The van der Waals surface area contributed by atoms with E-state index in [1.54, 1.807) is 21.3 Å². The zero-order valence-electron chi connectivity index (χ0n) is 21.6. The third-order valence-electron chi connectivity index (χ3n) is 9.22. The van der Waals surface area contributed by atoms with Gasteiger partial charge in [0.2, 0.25) is 5.91 Å². The minimum absolute atomic E-state index is 0.170. The quantitative estimate of drug-likeness (QED) is 0.517. The van der Waals surface area contributed by atoms with Crippen molar-refractivity contribution in [3.63, 3.8) is 0 Å². The highest BCUT2D eigenvalue weighted by atomic mass is 16.5. The van der Waals surface area contributed by atoms with Crippen molar-refractivity contribution < 1.29 is 23.7 Å². The third-order valence-corrected chi connectivity index (χ3v) is 9.22. The number of carbonyl (C=O) groups is 1. The molecular formula is C30H37NO5. The van der Waals surface area contributed by atoms with E-state index in [0.717, 1.165) is 66.2 Å². The van der Waals surface area contributed by atoms with Crippen molar-refractivity contribution in [2.24, 2.45) is 23.2 Å². The fourth-order valence-electron chi connectivity index (χ4n) is 7.98. The number of ether oxygens (including phenoxy) is 4. The molecule has 0 radical (unpaired) electrons. The first-order valence-electron chi connectivity index (χ1n) is 13.3. The van der Waals surface area contributed by atoms with E-state index in [1.807, 2.05) is 24.3 Å². The van der Waals surface area contributed by atoms with Gasteiger partial charge in [0, 0.05) is 6.54 Å². The summed E-state index contributed by atoms with van der Waals surface area (Å²) < 4.78 is 22.8. The van der Waals surface area contributed by atoms with Gasteiger partial charge in [-0.1, -0.05) is 0 Å². The van der Waals surface area contributed by atoms with Gasteiger partial charge in [-0.2, -0.15) is 0 Å². The van der Waals surface area contributed by atoms with Crippen LogP contribution in [0.15, 0.2) is 36.4 Å². The van der Waals surface area contributed by atoms with Crippen LogP contribution in [-0.2, 0) is 11.2 Å². The maximum absolute atomic E-state index is 14.4. The molecule has 6 nitrogen and oxygen atoms in total. The van der Waals surface area contributed by atoms with Crippen LogP contribution >= 0.6 is 0 Å². The smallest absolute Gasteiger partial charge is 0.229 e. The van der Waals surface area contributed by atoms with Crippen molar-refractivity contribution in [3.05, 3.63) is 47.5 Å². The Morgan fingerprint density at radius 3 is 2.03 bits per heavy atom. The minimum atomic E-state index is -0.179. The lowest BCUT2D eigenvalue weighted by atomic mass is 9.49. The Hall–Kier alpha value is -2.89. The van der Waals surface area contributed by atoms with Crippen LogP contribution < -0.4 is 18.9 Å². The molecule has 4 bridgehead atoms. The van der Waals surface area contributed by atoms with Gasteiger partial charge in [-0.05, 0) is 110 Å². The van der Waals surface area contributed by atoms with E-state index < -0.39 is 0 Å². The summed E-state index contributed by atoms with van der Waals surface area (Å²) in [5.41, 5.74) is 2.12. The Balaban J connectivity index is 1.33. The molecule has 0 saturated heterocycles. The second-order valence-electron chi connectivity index (χ2n) is 11.4. The normalized spacial score (nSPS) is 30.0. The summed E-state index contributed by atoms with van der Waals surface area (Å²) in [5.74, 6) is 5.53. The molecule has 5 aliphatic rings. The highest BCUT2D eigenvalue weighted by Gasteiger charge is 2.56. The van der Waals surface area contributed by atoms with E-state index in [1.165, 1.54) is 24.8 Å². The molecule has 4 fully saturated rings. The van der Waals surface area contributed by atoms with E-state index in [-0.39, 0.29) is 11.5 Å². The van der Waals surface area contributed by atoms with Crippen LogP contribution in [0.5, 0.6) is 23.0 Å². The Labute approximate surface area is 213 Å². The number of methoxy groups -OCH3 is 3. The van der Waals surface area contributed by atoms with Crippen LogP contribution in [0.3, 0.4) is 0 Å². The molecule has 1 amide bonds. The molecule has 7 rings (SSSR count). The van der Waals surface area contributed by atoms with E-state index in [2.05, 4.69) is 17.0 Å². The molecule has 4 saturated carbocycles. The zero-order chi connectivity index (χ0) is 24.9. The maximum Gasteiger partial charge on any atom is 0.229 e. The Kier molecular flexibility index (Phi) is 6.01. The highest BCUT2D eigenvalue weighted by Crippen LogP contribution is 2.61. The van der Waals surface area contributed by atoms with Gasteiger partial charge < -0.3 is 23.8 Å². The first-order chi connectivity index (χ1) is 17.5. The number of carbonyl (C=O) groups excluding carboxylic acids is 1. The lowest BCUT2D eigenvalue weighted by Crippen LogP contribution is -2.56. The number of hydrogen-bond donors (Lipinski definition) is 0. The van der Waals surface area contributed by atoms with Crippen LogP contribution in [0.1, 0.15) is 55.7 Å². The van der Waals surface area contributed by atoms with Gasteiger partial charge in [-0.3, -0.25) is 4.79 Å². The lowest BCUT2D eigenvalue weighted by Gasteiger charge is -2.57. The molecule has 1 heterocycles. The molecule has 0 unspecified atom stereocenters. The number of fused-ring (bicyclic) bond motifs is 1. The molecule has 1 aliphatic heterocycles. The van der Waals surface area contributed by atoms with Crippen molar-refractivity contribution >= 4 is 5.91 Å². The highest BCUT2D eigenvalue weighted by molar-refractivity contribution is 5.84. The summed E-state index contributed by atoms with van der Waals surface area (Å²) in [6.45, 7) is 1.10. The number of benzene rings is 2. The number of hydrogen-bond acceptors (Lipinski definition) is 5. The summed E-state index contributed by atoms with van der Waals surface area (Å²) in [6.07, 6.45) is 8.01. The lowest BCUT2D eigenvalue weighted by molar-refractivity contribution is -0.161. The first kappa shape index (κ1) is 23.5. The third kappa shape index (κ3) is 3.99. The predicted octanol–water partition coefficient (Wildman–Crippen LogP) is 5.43. The number of amides is 1. The molecule has 2 aromatic carbocycles. The molecular weight excluding hydrogens is 454 g/mol. The number of rotatable bonds is 7. The first-order valence-corrected chi connectivity index (χ1v) is 13.3. The van der Waals surface area contributed by atoms with E-state index in [9.17, 15) is 4.79 Å². The van der Waals surface area contributed by atoms with Gasteiger partial charge in [0.1, 0.15) is 18.1 Å². The maximum atomic E-state index is 14.4. The van der Waals surface area contributed by atoms with E-state index in [4.69, 9.17) is 18.9 Å². The fourth-order valence-corrected chi connectivity index (χ4v) is 7.98. The molecule has 0 spiro atoms. The monoisotopic (exact) mass is 491 g/mol. The topological polar surface area (TPSA) is 57.2 Å². The van der Waals surface area contributed by atoms with Crippen LogP contribution in [-0.4, -0.2) is 45.3 Å². The van der Waals surface area contributed by atoms with Crippen molar-refractivity contribution in [1.29, 1.82) is 0 Å². The largest absolute Gasteiger partial charge is 0.497 e. The van der Waals surface area contributed by atoms with Gasteiger partial charge in [0.15, 0.2) is 11.5 Å². The molecule has 36 heavy (non-hydrogen) atoms. The van der Waals surface area contributed by atoms with Gasteiger partial charge in [0.05, 0.1) is 32.8 Å². The van der Waals surface area contributed by atoms with Gasteiger partial charge in [-0.15, -0.1) is 0 Å². The summed E-state index contributed by atoms with van der Waals surface area (Å²) in [7, 11) is 4.99. The van der Waals surface area contributed by atoms with Crippen molar-refractivity contribution in [1.82, 2.24) is 4.90 Å². The Morgan fingerprint density at radius 1 is 0.861 bits per heavy atom. The second kappa shape index (κ2) is 9.20. The second-order valence-corrected chi connectivity index (χ2v) is 11.4. The minimum Gasteiger partial charge on any atom is -0.497 e. The van der Waals surface area contributed by atoms with Gasteiger partial charge in [-0.25, -0.2) is 0 Å². The standard InChI is InChI=1S/C30H37NO5/c1-33-23-4-6-24(7-5-23)36-18-26-25-14-28(35-3)27(34-2)13-22(25)8-9-31(26)29(32)30-15-19-10-20(16-30)12-21(11-19)17-30/h4-7,13-14,19-21,26H,8-12,15-18H2,1-3H3/t19?,20?,21?,26-,30?/m0/s1. The summed E-state index contributed by atoms with van der Waals surface area (Å²) >= 11 is 0. The average Bonchev–Trinajstić information content (AvgIpc) is 2.90. The summed E-state index contributed by atoms with van der Waals surface area (Å²) in [4.78, 5) is 16.6. The van der Waals surface area contributed by atoms with Crippen molar-refractivity contribution in [2.75, 3.05) is 34.5 Å². The van der Waals surface area contributed by atoms with Crippen LogP contribution in [0, 0.1) is 23.2 Å². The summed E-state index contributed by atoms with van der Waals surface area (Å²) in [6, 6.07) is 11.6. The van der Waals surface area contributed by atoms with E-state index >= 15 is 0 Å². The van der Waals surface area contributed by atoms with Crippen molar-refractivity contribution in [3.8, 4) is 23.0 Å². The Bertz CT molecular complexity index is 1090. The van der Waals surface area contributed by atoms with Crippen LogP contribution in [0.25, 0.3) is 0 Å². The molecule has 6 heteroatoms. The average molecular weight is 492 g/mol. The predicted molar refractivity (Wildman–Crippen MR) is 137 cm³/mol. The SMILES string of the molecule is COc1ccc(OC[C@H]2c3cc(OC)c(OC)cc3CCN2C(=O)C23CC4CC(CC(C4)C2)C3)cc1. The van der Waals surface area contributed by atoms with Crippen molar-refractivity contribution in [2.45, 2.75) is 51.0 Å². The number of nitrogens with zero attached hydrogens (tertiary/aromatic N) is 1. The van der Waals surface area contributed by atoms with E-state index in [0.29, 0.717) is 24.8 Å². The zero-order valence-corrected chi connectivity index (χ0v) is 21.6. The molecule has 0 N–H and O–H groups in total. The fraction of sp³-hybridized carbons (Fsp3) is 0.567. The molecule has 1 atom stereocenters. The molecule has 192 valence electrons. The molecule has 4 aliphatic carbocycles. The molecule has 0 aromatic heterocycles.